The standard InChI is InChI=1S/C12H18BrFN2O3S/c1-3-16(2)5-4-15-20(18,19)11-7-10(13)6-9(8-17)12(11)14/h6-7,15,17H,3-5,8H2,1-2H3. The first-order valence-electron chi connectivity index (χ1n) is 6.08. The van der Waals surface area contributed by atoms with Crippen molar-refractivity contribution < 1.29 is 17.9 Å². The topological polar surface area (TPSA) is 69.6 Å². The van der Waals surface area contributed by atoms with Gasteiger partial charge in [0.1, 0.15) is 10.7 Å². The van der Waals surface area contributed by atoms with Gasteiger partial charge < -0.3 is 10.0 Å². The van der Waals surface area contributed by atoms with Gasteiger partial charge in [-0.1, -0.05) is 22.9 Å². The van der Waals surface area contributed by atoms with E-state index >= 15 is 0 Å². The minimum absolute atomic E-state index is 0.0644. The highest BCUT2D eigenvalue weighted by atomic mass is 79.9. The van der Waals surface area contributed by atoms with E-state index in [1.165, 1.54) is 12.1 Å². The quantitative estimate of drug-likeness (QED) is 0.761. The monoisotopic (exact) mass is 368 g/mol. The van der Waals surface area contributed by atoms with E-state index in [9.17, 15) is 12.8 Å². The first-order chi connectivity index (χ1) is 9.31. The summed E-state index contributed by atoms with van der Waals surface area (Å²) in [5, 5.41) is 9.03. The molecule has 0 aliphatic rings. The van der Waals surface area contributed by atoms with E-state index in [2.05, 4.69) is 20.7 Å². The van der Waals surface area contributed by atoms with Crippen LogP contribution in [0.1, 0.15) is 12.5 Å². The van der Waals surface area contributed by atoms with Gasteiger partial charge in [-0.2, -0.15) is 0 Å². The van der Waals surface area contributed by atoms with Crippen LogP contribution in [0, 0.1) is 5.82 Å². The van der Waals surface area contributed by atoms with E-state index < -0.39 is 27.3 Å². The van der Waals surface area contributed by atoms with Crippen LogP contribution in [-0.4, -0.2) is 45.1 Å². The van der Waals surface area contributed by atoms with E-state index in [1.54, 1.807) is 0 Å². The van der Waals surface area contributed by atoms with Crippen LogP contribution in [0.3, 0.4) is 0 Å². The molecule has 8 heteroatoms. The van der Waals surface area contributed by atoms with Crippen LogP contribution in [0.5, 0.6) is 0 Å². The lowest BCUT2D eigenvalue weighted by Gasteiger charge is -2.15. The number of sulfonamides is 1. The Labute approximate surface area is 127 Å². The molecule has 0 radical (unpaired) electrons. The molecule has 0 bridgehead atoms. The number of benzene rings is 1. The van der Waals surface area contributed by atoms with Crippen molar-refractivity contribution in [3.63, 3.8) is 0 Å². The molecule has 0 saturated heterocycles. The van der Waals surface area contributed by atoms with E-state index in [1.807, 2.05) is 18.9 Å². The van der Waals surface area contributed by atoms with Crippen molar-refractivity contribution in [3.05, 3.63) is 28.0 Å². The summed E-state index contributed by atoms with van der Waals surface area (Å²) in [4.78, 5) is 1.47. The number of nitrogens with zero attached hydrogens (tertiary/aromatic N) is 1. The van der Waals surface area contributed by atoms with Gasteiger partial charge in [-0.25, -0.2) is 17.5 Å². The lowest BCUT2D eigenvalue weighted by atomic mass is 10.2. The molecule has 20 heavy (non-hydrogen) atoms. The van der Waals surface area contributed by atoms with Gasteiger partial charge in [0.25, 0.3) is 0 Å². The van der Waals surface area contributed by atoms with Crippen LogP contribution in [0.15, 0.2) is 21.5 Å². The van der Waals surface area contributed by atoms with Crippen molar-refractivity contribution >= 4 is 26.0 Å². The normalized spacial score (nSPS) is 12.1. The Morgan fingerprint density at radius 2 is 2.10 bits per heavy atom. The van der Waals surface area contributed by atoms with Gasteiger partial charge in [-0.3, -0.25) is 0 Å². The molecule has 0 fully saturated rings. The number of hydrogen-bond donors (Lipinski definition) is 2. The van der Waals surface area contributed by atoms with Crippen LogP contribution in [0.25, 0.3) is 0 Å². The van der Waals surface area contributed by atoms with Crippen molar-refractivity contribution in [2.24, 2.45) is 0 Å². The van der Waals surface area contributed by atoms with Crippen LogP contribution in [0.4, 0.5) is 4.39 Å². The predicted octanol–water partition coefficient (Wildman–Crippen LogP) is 1.31. The Balaban J connectivity index is 2.95. The molecule has 0 unspecified atom stereocenters. The van der Waals surface area contributed by atoms with Gasteiger partial charge in [0.2, 0.25) is 10.0 Å². The third kappa shape index (κ3) is 4.49. The minimum Gasteiger partial charge on any atom is -0.392 e. The fraction of sp³-hybridized carbons (Fsp3) is 0.500. The average molecular weight is 369 g/mol. The van der Waals surface area contributed by atoms with Gasteiger partial charge in [0.05, 0.1) is 6.61 Å². The molecule has 0 spiro atoms. The molecular formula is C12H18BrFN2O3S. The molecule has 5 nitrogen and oxygen atoms in total. The average Bonchev–Trinajstić information content (AvgIpc) is 2.40. The van der Waals surface area contributed by atoms with E-state index in [-0.39, 0.29) is 12.1 Å². The number of halogens is 2. The van der Waals surface area contributed by atoms with Gasteiger partial charge in [0.15, 0.2) is 0 Å². The summed E-state index contributed by atoms with van der Waals surface area (Å²) in [5.74, 6) is -0.924. The van der Waals surface area contributed by atoms with Crippen molar-refractivity contribution in [1.29, 1.82) is 0 Å². The largest absolute Gasteiger partial charge is 0.392 e. The van der Waals surface area contributed by atoms with Gasteiger partial charge in [-0.15, -0.1) is 0 Å². The number of aliphatic hydroxyl groups is 1. The molecule has 0 amide bonds. The summed E-state index contributed by atoms with van der Waals surface area (Å²) in [7, 11) is -2.08. The maximum atomic E-state index is 14.0. The fourth-order valence-electron chi connectivity index (χ4n) is 1.54. The van der Waals surface area contributed by atoms with Crippen molar-refractivity contribution in [2.45, 2.75) is 18.4 Å². The molecular weight excluding hydrogens is 351 g/mol. The predicted molar refractivity (Wildman–Crippen MR) is 78.4 cm³/mol. The molecule has 0 heterocycles. The van der Waals surface area contributed by atoms with Crippen LogP contribution in [-0.2, 0) is 16.6 Å². The third-order valence-corrected chi connectivity index (χ3v) is 4.78. The molecule has 1 rings (SSSR count). The summed E-state index contributed by atoms with van der Waals surface area (Å²) in [5.41, 5.74) is -0.0644. The van der Waals surface area contributed by atoms with Gasteiger partial charge >= 0.3 is 0 Å². The zero-order valence-electron chi connectivity index (χ0n) is 11.4. The zero-order valence-corrected chi connectivity index (χ0v) is 13.8. The Bertz CT molecular complexity index is 566. The minimum atomic E-state index is -3.94. The lowest BCUT2D eigenvalue weighted by Crippen LogP contribution is -2.33. The smallest absolute Gasteiger partial charge is 0.243 e. The highest BCUT2D eigenvalue weighted by Gasteiger charge is 2.21. The second-order valence-electron chi connectivity index (χ2n) is 4.33. The summed E-state index contributed by atoms with van der Waals surface area (Å²) in [6.07, 6.45) is 0. The van der Waals surface area contributed by atoms with Crippen LogP contribution < -0.4 is 4.72 Å². The Morgan fingerprint density at radius 3 is 2.65 bits per heavy atom. The number of aliphatic hydroxyl groups excluding tert-OH is 1. The number of likely N-dealkylation sites (N-methyl/N-ethyl adjacent to an activating group) is 1. The molecule has 0 aliphatic carbocycles. The molecule has 0 atom stereocenters. The van der Waals surface area contributed by atoms with E-state index in [0.29, 0.717) is 11.0 Å². The summed E-state index contributed by atoms with van der Waals surface area (Å²) in [6, 6.07) is 2.53. The van der Waals surface area contributed by atoms with Crippen LogP contribution >= 0.6 is 15.9 Å². The van der Waals surface area contributed by atoms with Crippen molar-refractivity contribution in [3.8, 4) is 0 Å². The zero-order chi connectivity index (χ0) is 15.3. The first-order valence-corrected chi connectivity index (χ1v) is 8.36. The second kappa shape index (κ2) is 7.46. The fourth-order valence-corrected chi connectivity index (χ4v) is 3.36. The Kier molecular flexibility index (Phi) is 6.53. The molecule has 0 aromatic heterocycles. The maximum Gasteiger partial charge on any atom is 0.243 e. The highest BCUT2D eigenvalue weighted by Crippen LogP contribution is 2.24. The number of rotatable bonds is 7. The van der Waals surface area contributed by atoms with E-state index in [4.69, 9.17) is 5.11 Å². The molecule has 2 N–H and O–H groups in total. The molecule has 1 aromatic rings. The summed E-state index contributed by atoms with van der Waals surface area (Å²) >= 11 is 3.10. The number of nitrogens with one attached hydrogen (secondary N) is 1. The van der Waals surface area contributed by atoms with E-state index in [0.717, 1.165) is 6.54 Å². The summed E-state index contributed by atoms with van der Waals surface area (Å²) < 4.78 is 40.9. The third-order valence-electron chi connectivity index (χ3n) is 2.86. The first kappa shape index (κ1) is 17.5. The Hall–Kier alpha value is -0.540. The van der Waals surface area contributed by atoms with Gasteiger partial charge in [-0.05, 0) is 25.7 Å². The maximum absolute atomic E-state index is 14.0. The Morgan fingerprint density at radius 1 is 1.45 bits per heavy atom. The molecule has 114 valence electrons. The second-order valence-corrected chi connectivity index (χ2v) is 6.98. The van der Waals surface area contributed by atoms with Crippen molar-refractivity contribution in [2.75, 3.05) is 26.7 Å². The van der Waals surface area contributed by atoms with Crippen molar-refractivity contribution in [1.82, 2.24) is 9.62 Å². The number of hydrogen-bond acceptors (Lipinski definition) is 4. The SMILES string of the molecule is CCN(C)CCNS(=O)(=O)c1cc(Br)cc(CO)c1F. The highest BCUT2D eigenvalue weighted by molar-refractivity contribution is 9.10. The molecule has 0 aliphatic heterocycles. The van der Waals surface area contributed by atoms with Gasteiger partial charge in [0, 0.05) is 23.1 Å². The lowest BCUT2D eigenvalue weighted by molar-refractivity contribution is 0.274. The molecule has 0 saturated carbocycles. The van der Waals surface area contributed by atoms with Crippen LogP contribution in [0.2, 0.25) is 0 Å². The molecule has 1 aromatic carbocycles. The summed E-state index contributed by atoms with van der Waals surface area (Å²) in [6.45, 7) is 2.90.